The number of imidazole rings is 1. The van der Waals surface area contributed by atoms with E-state index in [-0.39, 0.29) is 12.0 Å². The SMILES string of the molecule is COc1cc2nn(C3CCC(NC4CCN(C(=O)OC(C)(C)C)CC4)CC3)cc2cc1C(=O)Nc1cnc2cccnn12. The Morgan fingerprint density at radius 1 is 1.02 bits per heavy atom. The fourth-order valence-corrected chi connectivity index (χ4v) is 6.10. The first-order valence-corrected chi connectivity index (χ1v) is 15.1. The van der Waals surface area contributed by atoms with Crippen LogP contribution in [0.2, 0.25) is 0 Å². The van der Waals surface area contributed by atoms with Crippen LogP contribution < -0.4 is 15.4 Å². The van der Waals surface area contributed by atoms with Gasteiger partial charge in [-0.2, -0.15) is 14.7 Å². The van der Waals surface area contributed by atoms with E-state index in [4.69, 9.17) is 14.6 Å². The standard InChI is InChI=1S/C31H40N8O4/c1-31(2,3)43-30(41)37-14-11-22(12-15-37)34-21-7-9-23(10-8-21)38-19-20-16-24(26(42-4)17-25(20)36-38)29(40)35-28-18-32-27-6-5-13-33-39(27)28/h5-6,13,16-19,21-23,34H,7-12,14-15H2,1-4H3,(H,35,40). The molecule has 12 heteroatoms. The van der Waals surface area contributed by atoms with Crippen molar-refractivity contribution in [3.8, 4) is 5.75 Å². The lowest BCUT2D eigenvalue weighted by atomic mass is 9.90. The predicted octanol–water partition coefficient (Wildman–Crippen LogP) is 4.81. The van der Waals surface area contributed by atoms with Crippen LogP contribution in [-0.2, 0) is 4.74 Å². The largest absolute Gasteiger partial charge is 0.496 e. The van der Waals surface area contributed by atoms with Crippen LogP contribution in [0.5, 0.6) is 5.75 Å². The molecule has 4 heterocycles. The number of amides is 2. The maximum Gasteiger partial charge on any atom is 0.410 e. The molecule has 1 saturated carbocycles. The minimum Gasteiger partial charge on any atom is -0.496 e. The van der Waals surface area contributed by atoms with Gasteiger partial charge in [-0.3, -0.25) is 9.48 Å². The predicted molar refractivity (Wildman–Crippen MR) is 162 cm³/mol. The molecule has 4 aromatic rings. The van der Waals surface area contributed by atoms with Crippen molar-refractivity contribution in [2.45, 2.75) is 83.0 Å². The third kappa shape index (κ3) is 6.43. The highest BCUT2D eigenvalue weighted by Gasteiger charge is 2.30. The second-order valence-electron chi connectivity index (χ2n) is 12.5. The summed E-state index contributed by atoms with van der Waals surface area (Å²) in [5.41, 5.74) is 1.39. The van der Waals surface area contributed by atoms with Crippen molar-refractivity contribution in [3.63, 3.8) is 0 Å². The van der Waals surface area contributed by atoms with Gasteiger partial charge in [-0.1, -0.05) is 0 Å². The summed E-state index contributed by atoms with van der Waals surface area (Å²) in [6.07, 6.45) is 11.1. The molecule has 0 unspecified atom stereocenters. The number of carbonyl (C=O) groups excluding carboxylic acids is 2. The van der Waals surface area contributed by atoms with Gasteiger partial charge in [0.15, 0.2) is 11.5 Å². The molecule has 3 aromatic heterocycles. The van der Waals surface area contributed by atoms with Crippen molar-refractivity contribution < 1.29 is 19.1 Å². The Morgan fingerprint density at radius 2 is 1.77 bits per heavy atom. The summed E-state index contributed by atoms with van der Waals surface area (Å²) in [6.45, 7) is 7.15. The average molecular weight is 589 g/mol. The summed E-state index contributed by atoms with van der Waals surface area (Å²) in [4.78, 5) is 31.8. The lowest BCUT2D eigenvalue weighted by Crippen LogP contribution is -2.49. The minimum atomic E-state index is -0.469. The Bertz CT molecular complexity index is 1610. The van der Waals surface area contributed by atoms with Crippen molar-refractivity contribution >= 4 is 34.4 Å². The van der Waals surface area contributed by atoms with Crippen LogP contribution in [0.25, 0.3) is 16.6 Å². The van der Waals surface area contributed by atoms with Gasteiger partial charge in [0.1, 0.15) is 11.4 Å². The first-order valence-electron chi connectivity index (χ1n) is 15.1. The van der Waals surface area contributed by atoms with Crippen LogP contribution in [0.1, 0.15) is 75.7 Å². The van der Waals surface area contributed by atoms with E-state index in [0.29, 0.717) is 40.9 Å². The van der Waals surface area contributed by atoms with Crippen LogP contribution in [0.4, 0.5) is 10.6 Å². The van der Waals surface area contributed by atoms with Gasteiger partial charge in [-0.15, -0.1) is 0 Å². The molecule has 228 valence electrons. The maximum absolute atomic E-state index is 13.3. The number of hydrogen-bond acceptors (Lipinski definition) is 8. The van der Waals surface area contributed by atoms with Crippen LogP contribution in [-0.4, -0.2) is 79.2 Å². The Hall–Kier alpha value is -4.19. The molecule has 12 nitrogen and oxygen atoms in total. The number of methoxy groups -OCH3 is 1. The number of rotatable bonds is 6. The van der Waals surface area contributed by atoms with Crippen molar-refractivity contribution in [3.05, 3.63) is 48.4 Å². The van der Waals surface area contributed by atoms with E-state index in [1.807, 2.05) is 50.1 Å². The number of likely N-dealkylation sites (tertiary alicyclic amines) is 1. The van der Waals surface area contributed by atoms with Gasteiger partial charge >= 0.3 is 6.09 Å². The van der Waals surface area contributed by atoms with Crippen LogP contribution >= 0.6 is 0 Å². The molecule has 6 rings (SSSR count). The smallest absolute Gasteiger partial charge is 0.410 e. The summed E-state index contributed by atoms with van der Waals surface area (Å²) >= 11 is 0. The van der Waals surface area contributed by atoms with Gasteiger partial charge in [-0.05, 0) is 77.5 Å². The Kier molecular flexibility index (Phi) is 7.95. The van der Waals surface area contributed by atoms with Gasteiger partial charge < -0.3 is 25.0 Å². The van der Waals surface area contributed by atoms with Crippen molar-refractivity contribution in [1.82, 2.24) is 34.6 Å². The highest BCUT2D eigenvalue weighted by atomic mass is 16.6. The molecule has 2 fully saturated rings. The molecular weight excluding hydrogens is 548 g/mol. The zero-order valence-corrected chi connectivity index (χ0v) is 25.2. The fraction of sp³-hybridized carbons (Fsp3) is 0.516. The van der Waals surface area contributed by atoms with E-state index < -0.39 is 5.60 Å². The Labute approximate surface area is 250 Å². The van der Waals surface area contributed by atoms with Crippen molar-refractivity contribution in [2.75, 3.05) is 25.5 Å². The summed E-state index contributed by atoms with van der Waals surface area (Å²) in [5.74, 6) is 0.641. The van der Waals surface area contributed by atoms with E-state index in [1.165, 1.54) is 0 Å². The third-order valence-electron chi connectivity index (χ3n) is 8.30. The van der Waals surface area contributed by atoms with Crippen LogP contribution in [0.15, 0.2) is 42.9 Å². The number of piperidine rings is 1. The van der Waals surface area contributed by atoms with E-state index in [9.17, 15) is 9.59 Å². The number of nitrogens with zero attached hydrogens (tertiary/aromatic N) is 6. The molecule has 43 heavy (non-hydrogen) atoms. The Balaban J connectivity index is 1.05. The first-order chi connectivity index (χ1) is 20.7. The van der Waals surface area contributed by atoms with Gasteiger partial charge in [0.25, 0.3) is 5.91 Å². The highest BCUT2D eigenvalue weighted by molar-refractivity contribution is 6.08. The zero-order valence-electron chi connectivity index (χ0n) is 25.2. The number of aromatic nitrogens is 5. The summed E-state index contributed by atoms with van der Waals surface area (Å²) in [6, 6.07) is 8.46. The maximum atomic E-state index is 13.3. The molecule has 1 aliphatic heterocycles. The molecule has 0 atom stereocenters. The van der Waals surface area contributed by atoms with Crippen LogP contribution in [0, 0.1) is 0 Å². The van der Waals surface area contributed by atoms with Crippen molar-refractivity contribution in [1.29, 1.82) is 0 Å². The lowest BCUT2D eigenvalue weighted by molar-refractivity contribution is 0.0194. The summed E-state index contributed by atoms with van der Waals surface area (Å²) in [7, 11) is 1.56. The van der Waals surface area contributed by atoms with Gasteiger partial charge in [0.05, 0.1) is 30.4 Å². The second kappa shape index (κ2) is 11.8. The molecule has 1 aromatic carbocycles. The third-order valence-corrected chi connectivity index (χ3v) is 8.30. The summed E-state index contributed by atoms with van der Waals surface area (Å²) in [5, 5.41) is 16.8. The summed E-state index contributed by atoms with van der Waals surface area (Å²) < 4.78 is 14.7. The van der Waals surface area contributed by atoms with Gasteiger partial charge in [0.2, 0.25) is 0 Å². The van der Waals surface area contributed by atoms with Crippen LogP contribution in [0.3, 0.4) is 0 Å². The quantitative estimate of drug-likeness (QED) is 0.328. The number of nitrogens with one attached hydrogen (secondary N) is 2. The fourth-order valence-electron chi connectivity index (χ4n) is 6.10. The van der Waals surface area contributed by atoms with Gasteiger partial charge in [0, 0.05) is 49.0 Å². The number of benzene rings is 1. The Morgan fingerprint density at radius 3 is 2.49 bits per heavy atom. The van der Waals surface area contributed by atoms with Crippen molar-refractivity contribution in [2.24, 2.45) is 0 Å². The molecule has 2 N–H and O–H groups in total. The highest BCUT2D eigenvalue weighted by Crippen LogP contribution is 2.32. The zero-order chi connectivity index (χ0) is 30.1. The lowest BCUT2D eigenvalue weighted by Gasteiger charge is -2.37. The number of ether oxygens (including phenoxy) is 2. The number of hydrogen-bond donors (Lipinski definition) is 2. The normalized spacial score (nSPS) is 20.0. The monoisotopic (exact) mass is 588 g/mol. The molecule has 1 aliphatic carbocycles. The van der Waals surface area contributed by atoms with Gasteiger partial charge in [-0.25, -0.2) is 9.78 Å². The molecule has 2 amide bonds. The molecule has 1 saturated heterocycles. The number of fused-ring (bicyclic) bond motifs is 2. The van der Waals surface area contributed by atoms with E-state index >= 15 is 0 Å². The molecule has 2 aliphatic rings. The molecule has 0 radical (unpaired) electrons. The topological polar surface area (TPSA) is 128 Å². The first kappa shape index (κ1) is 28.9. The molecule has 0 spiro atoms. The molecule has 0 bridgehead atoms. The van der Waals surface area contributed by atoms with E-state index in [2.05, 4.69) is 25.4 Å². The average Bonchev–Trinajstić information content (AvgIpc) is 3.60. The molecular formula is C31H40N8O4. The van der Waals surface area contributed by atoms with E-state index in [0.717, 1.165) is 62.5 Å². The number of carbonyl (C=O) groups is 2. The minimum absolute atomic E-state index is 0.215. The van der Waals surface area contributed by atoms with E-state index in [1.54, 1.807) is 30.1 Å². The number of anilines is 1. The second-order valence-corrected chi connectivity index (χ2v) is 12.5.